The summed E-state index contributed by atoms with van der Waals surface area (Å²) >= 11 is 6.54. The average molecular weight is 202 g/mol. The highest BCUT2D eigenvalue weighted by atomic mass is 35.7. The Balaban J connectivity index is 2.95. The molecular formula is C10H15ClP+. The fourth-order valence-electron chi connectivity index (χ4n) is 1.28. The van der Waals surface area contributed by atoms with E-state index >= 15 is 0 Å². The molecule has 0 atom stereocenters. The van der Waals surface area contributed by atoms with Gasteiger partial charge in [0.05, 0.1) is 23.6 Å². The molecule has 1 aromatic rings. The molecule has 1 aromatic carbocycles. The van der Waals surface area contributed by atoms with E-state index in [1.54, 1.807) is 0 Å². The number of hydrogen-bond donors (Lipinski definition) is 0. The third-order valence-corrected chi connectivity index (χ3v) is 7.47. The Labute approximate surface area is 80.1 Å². The lowest BCUT2D eigenvalue weighted by Crippen LogP contribution is -2.09. The van der Waals surface area contributed by atoms with Gasteiger partial charge >= 0.3 is 0 Å². The molecule has 66 valence electrons. The van der Waals surface area contributed by atoms with Crippen LogP contribution in [0.4, 0.5) is 0 Å². The second kappa shape index (κ2) is 4.25. The predicted octanol–water partition coefficient (Wildman–Crippen LogP) is 3.52. The Morgan fingerprint density at radius 1 is 1.08 bits per heavy atom. The van der Waals surface area contributed by atoms with Gasteiger partial charge in [0, 0.05) is 0 Å². The van der Waals surface area contributed by atoms with E-state index in [1.165, 1.54) is 5.30 Å². The van der Waals surface area contributed by atoms with Crippen molar-refractivity contribution in [3.05, 3.63) is 30.3 Å². The van der Waals surface area contributed by atoms with Gasteiger partial charge in [-0.2, -0.15) is 0 Å². The molecule has 0 radical (unpaired) electrons. The lowest BCUT2D eigenvalue weighted by atomic mass is 10.4. The van der Waals surface area contributed by atoms with Crippen LogP contribution in [0.2, 0.25) is 0 Å². The lowest BCUT2D eigenvalue weighted by molar-refractivity contribution is 1.41. The second-order valence-corrected chi connectivity index (χ2v) is 8.28. The third-order valence-electron chi connectivity index (χ3n) is 2.22. The molecular weight excluding hydrogens is 187 g/mol. The summed E-state index contributed by atoms with van der Waals surface area (Å²) in [4.78, 5) is 0. The van der Waals surface area contributed by atoms with Crippen LogP contribution in [-0.2, 0) is 0 Å². The zero-order valence-electron chi connectivity index (χ0n) is 7.63. The average Bonchev–Trinajstić information content (AvgIpc) is 2.18. The number of halogens is 1. The van der Waals surface area contributed by atoms with Crippen LogP contribution in [0.5, 0.6) is 0 Å². The highest BCUT2D eigenvalue weighted by molar-refractivity contribution is 8.04. The first-order valence-corrected chi connectivity index (χ1v) is 7.41. The predicted molar refractivity (Wildman–Crippen MR) is 59.9 cm³/mol. The molecule has 0 amide bonds. The normalized spacial score (nSPS) is 11.6. The fraction of sp³-hybridized carbons (Fsp3) is 0.400. The zero-order chi connectivity index (χ0) is 9.03. The van der Waals surface area contributed by atoms with Crippen molar-refractivity contribution in [1.82, 2.24) is 0 Å². The van der Waals surface area contributed by atoms with Crippen molar-refractivity contribution < 1.29 is 0 Å². The maximum Gasteiger partial charge on any atom is 0.145 e. The van der Waals surface area contributed by atoms with E-state index in [0.29, 0.717) is 0 Å². The van der Waals surface area contributed by atoms with E-state index in [2.05, 4.69) is 38.1 Å². The summed E-state index contributed by atoms with van der Waals surface area (Å²) in [6.45, 7) is 3.04. The molecule has 0 aromatic heterocycles. The van der Waals surface area contributed by atoms with Crippen molar-refractivity contribution in [3.63, 3.8) is 0 Å². The van der Waals surface area contributed by atoms with Crippen LogP contribution in [0.15, 0.2) is 30.3 Å². The molecule has 0 N–H and O–H groups in total. The van der Waals surface area contributed by atoms with Gasteiger partial charge in [0.15, 0.2) is 0 Å². The van der Waals surface area contributed by atoms with E-state index in [1.807, 2.05) is 6.07 Å². The largest absolute Gasteiger partial charge is 0.145 e. The Hall–Kier alpha value is -0.0600. The van der Waals surface area contributed by atoms with Crippen LogP contribution in [0.25, 0.3) is 0 Å². The van der Waals surface area contributed by atoms with Gasteiger partial charge in [-0.1, -0.05) is 18.2 Å². The van der Waals surface area contributed by atoms with Crippen LogP contribution in [0, 0.1) is 0 Å². The Bertz CT molecular complexity index is 229. The molecule has 0 fully saturated rings. The van der Waals surface area contributed by atoms with Gasteiger partial charge in [-0.25, -0.2) is 0 Å². The minimum absolute atomic E-state index is 1.09. The van der Waals surface area contributed by atoms with Gasteiger partial charge in [-0.05, 0) is 26.0 Å². The molecule has 0 saturated carbocycles. The van der Waals surface area contributed by atoms with E-state index in [4.69, 9.17) is 11.2 Å². The van der Waals surface area contributed by atoms with Crippen molar-refractivity contribution in [2.75, 3.05) is 12.3 Å². The highest BCUT2D eigenvalue weighted by Gasteiger charge is 2.34. The summed E-state index contributed by atoms with van der Waals surface area (Å²) in [5.74, 6) is 0. The minimum Gasteiger partial charge on any atom is -0.0620 e. The smallest absolute Gasteiger partial charge is 0.0620 e. The maximum absolute atomic E-state index is 6.54. The lowest BCUT2D eigenvalue weighted by Gasteiger charge is -2.14. The molecule has 0 bridgehead atoms. The molecule has 1 rings (SSSR count). The van der Waals surface area contributed by atoms with Crippen molar-refractivity contribution in [1.29, 1.82) is 0 Å². The van der Waals surface area contributed by atoms with E-state index in [-0.39, 0.29) is 0 Å². The van der Waals surface area contributed by atoms with Gasteiger partial charge < -0.3 is 0 Å². The number of rotatable bonds is 3. The summed E-state index contributed by atoms with van der Waals surface area (Å²) in [7, 11) is 0. The second-order valence-electron chi connectivity index (χ2n) is 2.83. The van der Waals surface area contributed by atoms with Crippen molar-refractivity contribution in [2.24, 2.45) is 0 Å². The van der Waals surface area contributed by atoms with Crippen LogP contribution < -0.4 is 5.30 Å². The summed E-state index contributed by atoms with van der Waals surface area (Å²) in [6.07, 6.45) is 2.18. The summed E-state index contributed by atoms with van der Waals surface area (Å²) in [5, 5.41) is 1.34. The Morgan fingerprint density at radius 3 is 2.00 bits per heavy atom. The van der Waals surface area contributed by atoms with Gasteiger partial charge in [-0.15, -0.1) is 0 Å². The minimum atomic E-state index is -1.31. The standard InChI is InChI=1S/C10H15ClP/c1-3-12(11,4-2)10-8-6-5-7-9-10/h5-9H,3-4H2,1-2H3/q+1. The first-order valence-electron chi connectivity index (χ1n) is 4.35. The number of hydrogen-bond acceptors (Lipinski definition) is 0. The fourth-order valence-corrected chi connectivity index (χ4v) is 3.51. The van der Waals surface area contributed by atoms with E-state index in [0.717, 1.165) is 12.3 Å². The summed E-state index contributed by atoms with van der Waals surface area (Å²) in [5.41, 5.74) is 0. The van der Waals surface area contributed by atoms with Crippen LogP contribution in [0.1, 0.15) is 13.8 Å². The van der Waals surface area contributed by atoms with Gasteiger partial charge in [0.2, 0.25) is 0 Å². The molecule has 0 aliphatic carbocycles. The monoisotopic (exact) mass is 201 g/mol. The molecule has 0 heterocycles. The third kappa shape index (κ3) is 2.00. The molecule has 12 heavy (non-hydrogen) atoms. The van der Waals surface area contributed by atoms with Gasteiger partial charge in [0.25, 0.3) is 0 Å². The molecule has 2 heteroatoms. The van der Waals surface area contributed by atoms with E-state index in [9.17, 15) is 0 Å². The highest BCUT2D eigenvalue weighted by Crippen LogP contribution is 2.61. The maximum atomic E-state index is 6.54. The Kier molecular flexibility index (Phi) is 3.55. The van der Waals surface area contributed by atoms with Crippen molar-refractivity contribution in [2.45, 2.75) is 13.8 Å². The molecule has 0 aliphatic rings. The van der Waals surface area contributed by atoms with Crippen molar-refractivity contribution >= 4 is 23.2 Å². The number of benzene rings is 1. The van der Waals surface area contributed by atoms with Crippen LogP contribution >= 0.6 is 17.9 Å². The first kappa shape index (κ1) is 10.0. The molecule has 0 spiro atoms. The SMILES string of the molecule is CC[P+](Cl)(CC)c1ccccc1. The van der Waals surface area contributed by atoms with Crippen LogP contribution in [-0.4, -0.2) is 12.3 Å². The first-order chi connectivity index (χ1) is 5.73. The van der Waals surface area contributed by atoms with Gasteiger partial charge in [0.1, 0.15) is 11.9 Å². The topological polar surface area (TPSA) is 0 Å². The van der Waals surface area contributed by atoms with Crippen molar-refractivity contribution in [3.8, 4) is 0 Å². The molecule has 0 aliphatic heterocycles. The van der Waals surface area contributed by atoms with Crippen LogP contribution in [0.3, 0.4) is 0 Å². The molecule has 0 unspecified atom stereocenters. The summed E-state index contributed by atoms with van der Waals surface area (Å²) < 4.78 is 0. The molecule has 0 saturated heterocycles. The van der Waals surface area contributed by atoms with Gasteiger partial charge in [-0.3, -0.25) is 0 Å². The van der Waals surface area contributed by atoms with E-state index < -0.39 is 6.62 Å². The quantitative estimate of drug-likeness (QED) is 0.657. The summed E-state index contributed by atoms with van der Waals surface area (Å²) in [6, 6.07) is 10.5. The zero-order valence-corrected chi connectivity index (χ0v) is 9.28. The Morgan fingerprint density at radius 2 is 1.58 bits per heavy atom. The molecule has 0 nitrogen and oxygen atoms in total.